The van der Waals surface area contributed by atoms with E-state index in [0.29, 0.717) is 0 Å². The molecule has 72 valence electrons. The molecular formula is C7H10N2O4. The first-order valence-electron chi connectivity index (χ1n) is 3.44. The minimum absolute atomic E-state index is 0.193. The molecule has 0 saturated heterocycles. The summed E-state index contributed by atoms with van der Waals surface area (Å²) in [6.45, 7) is 1.26. The minimum Gasteiger partial charge on any atom is -0.479 e. The van der Waals surface area contributed by atoms with Crippen LogP contribution in [0.3, 0.4) is 0 Å². The first-order chi connectivity index (χ1) is 6.16. The van der Waals surface area contributed by atoms with E-state index in [1.807, 2.05) is 5.48 Å². The highest BCUT2D eigenvalue weighted by molar-refractivity contribution is 5.73. The van der Waals surface area contributed by atoms with Crippen LogP contribution >= 0.6 is 0 Å². The maximum absolute atomic E-state index is 10.7. The second-order valence-corrected chi connectivity index (χ2v) is 1.89. The van der Waals surface area contributed by atoms with Gasteiger partial charge in [0, 0.05) is 0 Å². The lowest BCUT2D eigenvalue weighted by Crippen LogP contribution is -2.36. The van der Waals surface area contributed by atoms with E-state index in [1.54, 1.807) is 6.92 Å². The highest BCUT2D eigenvalue weighted by Crippen LogP contribution is 1.69. The van der Waals surface area contributed by atoms with Crippen molar-refractivity contribution in [2.45, 2.75) is 6.92 Å². The molecule has 0 aliphatic rings. The van der Waals surface area contributed by atoms with Crippen LogP contribution in [-0.2, 0) is 9.63 Å². The van der Waals surface area contributed by atoms with Crippen molar-refractivity contribution in [1.82, 2.24) is 10.8 Å². The van der Waals surface area contributed by atoms with Gasteiger partial charge in [-0.15, -0.1) is 5.92 Å². The number of hydroxylamine groups is 1. The maximum Gasteiger partial charge on any atom is 0.339 e. The van der Waals surface area contributed by atoms with Crippen LogP contribution in [0.25, 0.3) is 0 Å². The van der Waals surface area contributed by atoms with Crippen LogP contribution in [0.1, 0.15) is 6.92 Å². The fourth-order valence-corrected chi connectivity index (χ4v) is 0.412. The fourth-order valence-electron chi connectivity index (χ4n) is 0.412. The molecule has 3 N–H and O–H groups in total. The lowest BCUT2D eigenvalue weighted by atomic mass is 10.6. The van der Waals surface area contributed by atoms with Crippen molar-refractivity contribution in [3.05, 3.63) is 0 Å². The smallest absolute Gasteiger partial charge is 0.339 e. The Morgan fingerprint density at radius 1 is 1.54 bits per heavy atom. The highest BCUT2D eigenvalue weighted by atomic mass is 16.7. The number of carboxylic acids is 1. The van der Waals surface area contributed by atoms with Crippen molar-refractivity contribution in [3.63, 3.8) is 0 Å². The van der Waals surface area contributed by atoms with Gasteiger partial charge < -0.3 is 10.4 Å². The molecule has 0 spiro atoms. The van der Waals surface area contributed by atoms with Crippen molar-refractivity contribution in [3.8, 4) is 11.8 Å². The molecule has 0 aromatic heterocycles. The molecule has 0 aliphatic heterocycles. The quantitative estimate of drug-likeness (QED) is 0.401. The van der Waals surface area contributed by atoms with Gasteiger partial charge >= 0.3 is 12.0 Å². The number of carbonyl (C=O) groups is 2. The van der Waals surface area contributed by atoms with E-state index in [1.165, 1.54) is 0 Å². The summed E-state index contributed by atoms with van der Waals surface area (Å²) in [5.74, 6) is 4.00. The molecule has 0 heterocycles. The number of carboxylic acid groups (broad SMARTS) is 1. The predicted molar refractivity (Wildman–Crippen MR) is 43.6 cm³/mol. The van der Waals surface area contributed by atoms with Gasteiger partial charge in [-0.25, -0.2) is 15.1 Å². The Morgan fingerprint density at radius 2 is 2.23 bits per heavy atom. The van der Waals surface area contributed by atoms with Crippen LogP contribution in [-0.4, -0.2) is 30.3 Å². The number of carbonyl (C=O) groups excluding carboxylic acids is 1. The lowest BCUT2D eigenvalue weighted by Gasteiger charge is -2.02. The largest absolute Gasteiger partial charge is 0.479 e. The zero-order valence-electron chi connectivity index (χ0n) is 7.09. The Morgan fingerprint density at radius 3 is 2.77 bits per heavy atom. The Bertz CT molecular complexity index is 241. The molecule has 13 heavy (non-hydrogen) atoms. The zero-order chi connectivity index (χ0) is 10.1. The number of nitrogens with one attached hydrogen (secondary N) is 2. The second kappa shape index (κ2) is 6.94. The van der Waals surface area contributed by atoms with E-state index in [0.717, 1.165) is 0 Å². The van der Waals surface area contributed by atoms with Gasteiger partial charge in [0.1, 0.15) is 0 Å². The van der Waals surface area contributed by atoms with Gasteiger partial charge in [-0.05, 0) is 6.92 Å². The van der Waals surface area contributed by atoms with E-state index >= 15 is 0 Å². The standard InChI is InChI=1S/C7H10N2O4/c1-2-3-4-8-7(12)9-13-5-6(10)11/h4-5H2,1H3,(H,10,11)(H2,8,9,12). The number of amides is 2. The topological polar surface area (TPSA) is 87.7 Å². The summed E-state index contributed by atoms with van der Waals surface area (Å²) >= 11 is 0. The monoisotopic (exact) mass is 186 g/mol. The molecule has 0 bridgehead atoms. The van der Waals surface area contributed by atoms with Crippen molar-refractivity contribution in [2.75, 3.05) is 13.2 Å². The molecule has 2 amide bonds. The Kier molecular flexibility index (Phi) is 6.01. The van der Waals surface area contributed by atoms with Gasteiger partial charge in [-0.1, -0.05) is 5.92 Å². The minimum atomic E-state index is -1.16. The average molecular weight is 186 g/mol. The summed E-state index contributed by atoms with van der Waals surface area (Å²) in [7, 11) is 0. The highest BCUT2D eigenvalue weighted by Gasteiger charge is 1.99. The Balaban J connectivity index is 3.39. The molecule has 0 unspecified atom stereocenters. The van der Waals surface area contributed by atoms with Crippen LogP contribution in [0.5, 0.6) is 0 Å². The summed E-state index contributed by atoms with van der Waals surface area (Å²) < 4.78 is 0. The molecule has 0 aromatic carbocycles. The second-order valence-electron chi connectivity index (χ2n) is 1.89. The van der Waals surface area contributed by atoms with Crippen LogP contribution in [0, 0.1) is 11.8 Å². The third-order valence-corrected chi connectivity index (χ3v) is 0.875. The molecule has 0 radical (unpaired) electrons. The summed E-state index contributed by atoms with van der Waals surface area (Å²) in [4.78, 5) is 24.9. The lowest BCUT2D eigenvalue weighted by molar-refractivity contribution is -0.144. The molecule has 0 aliphatic carbocycles. The summed E-state index contributed by atoms with van der Waals surface area (Å²) in [5.41, 5.74) is 1.87. The number of urea groups is 1. The van der Waals surface area contributed by atoms with Crippen LogP contribution in [0.15, 0.2) is 0 Å². The third kappa shape index (κ3) is 8.16. The first-order valence-corrected chi connectivity index (χ1v) is 3.44. The number of rotatable bonds is 4. The van der Waals surface area contributed by atoms with Crippen LogP contribution in [0.2, 0.25) is 0 Å². The molecular weight excluding hydrogens is 176 g/mol. The normalized spacial score (nSPS) is 8.08. The van der Waals surface area contributed by atoms with Gasteiger partial charge in [-0.2, -0.15) is 0 Å². The molecule has 0 atom stereocenters. The van der Waals surface area contributed by atoms with E-state index in [-0.39, 0.29) is 6.54 Å². The fraction of sp³-hybridized carbons (Fsp3) is 0.429. The molecule has 6 heteroatoms. The van der Waals surface area contributed by atoms with Crippen molar-refractivity contribution in [1.29, 1.82) is 0 Å². The molecule has 0 fully saturated rings. The summed E-state index contributed by atoms with van der Waals surface area (Å²) in [6.07, 6.45) is 0. The average Bonchev–Trinajstić information content (AvgIpc) is 2.04. The Labute approximate surface area is 75.2 Å². The number of aliphatic carboxylic acids is 1. The first kappa shape index (κ1) is 11.3. The number of hydrogen-bond acceptors (Lipinski definition) is 3. The van der Waals surface area contributed by atoms with Gasteiger partial charge in [0.25, 0.3) is 0 Å². The van der Waals surface area contributed by atoms with Crippen molar-refractivity contribution < 1.29 is 19.5 Å². The molecule has 0 aromatic rings. The third-order valence-electron chi connectivity index (χ3n) is 0.875. The molecule has 0 rings (SSSR count). The summed E-state index contributed by atoms with van der Waals surface area (Å²) in [6, 6.07) is -0.621. The van der Waals surface area contributed by atoms with Crippen molar-refractivity contribution >= 4 is 12.0 Å². The van der Waals surface area contributed by atoms with E-state index in [9.17, 15) is 9.59 Å². The van der Waals surface area contributed by atoms with Crippen LogP contribution < -0.4 is 10.8 Å². The SMILES string of the molecule is CC#CCNC(=O)NOCC(=O)O. The van der Waals surface area contributed by atoms with Gasteiger partial charge in [-0.3, -0.25) is 4.84 Å². The van der Waals surface area contributed by atoms with Gasteiger partial charge in [0.05, 0.1) is 6.54 Å². The van der Waals surface area contributed by atoms with E-state index in [2.05, 4.69) is 22.0 Å². The maximum atomic E-state index is 10.7. The van der Waals surface area contributed by atoms with Gasteiger partial charge in [0.2, 0.25) is 0 Å². The van der Waals surface area contributed by atoms with Gasteiger partial charge in [0.15, 0.2) is 6.61 Å². The molecule has 6 nitrogen and oxygen atoms in total. The summed E-state index contributed by atoms with van der Waals surface area (Å²) in [5, 5.41) is 10.4. The van der Waals surface area contributed by atoms with E-state index in [4.69, 9.17) is 5.11 Å². The van der Waals surface area contributed by atoms with Crippen LogP contribution in [0.4, 0.5) is 4.79 Å². The number of hydrogen-bond donors (Lipinski definition) is 3. The molecule has 0 saturated carbocycles. The van der Waals surface area contributed by atoms with Crippen molar-refractivity contribution in [2.24, 2.45) is 0 Å². The zero-order valence-corrected chi connectivity index (χ0v) is 7.09. The Hall–Kier alpha value is -1.74. The predicted octanol–water partition coefficient (Wildman–Crippen LogP) is -0.675. The van der Waals surface area contributed by atoms with E-state index < -0.39 is 18.6 Å².